The van der Waals surface area contributed by atoms with E-state index in [1.807, 2.05) is 12.1 Å². The van der Waals surface area contributed by atoms with E-state index in [4.69, 9.17) is 11.6 Å². The molecule has 1 unspecified atom stereocenters. The number of benzene rings is 2. The molecule has 2 aromatic carbocycles. The van der Waals surface area contributed by atoms with E-state index in [2.05, 4.69) is 5.43 Å². The van der Waals surface area contributed by atoms with Crippen molar-refractivity contribution in [2.45, 2.75) is 36.6 Å². The highest BCUT2D eigenvalue weighted by Gasteiger charge is 2.42. The third-order valence-corrected chi connectivity index (χ3v) is 7.05. The Bertz CT molecular complexity index is 1050. The third-order valence-electron chi connectivity index (χ3n) is 5.11. The van der Waals surface area contributed by atoms with Crippen molar-refractivity contribution in [3.05, 3.63) is 80.5 Å². The lowest BCUT2D eigenvalue weighted by Crippen LogP contribution is -2.39. The van der Waals surface area contributed by atoms with E-state index >= 15 is 0 Å². The van der Waals surface area contributed by atoms with Gasteiger partial charge in [-0.15, -0.1) is 4.41 Å². The van der Waals surface area contributed by atoms with Crippen LogP contribution in [-0.2, 0) is 10.0 Å². The van der Waals surface area contributed by atoms with Crippen molar-refractivity contribution >= 4 is 27.3 Å². The summed E-state index contributed by atoms with van der Waals surface area (Å²) in [5.74, 6) is 0. The first-order chi connectivity index (χ1) is 13.4. The minimum atomic E-state index is -3.92. The van der Waals surface area contributed by atoms with Gasteiger partial charge in [0.25, 0.3) is 15.7 Å². The second-order valence-corrected chi connectivity index (χ2v) is 9.08. The van der Waals surface area contributed by atoms with Crippen LogP contribution in [0.2, 0.25) is 5.02 Å². The first-order valence-electron chi connectivity index (χ1n) is 8.91. The standard InChI is InChI=1S/C19H18ClN3O4S/c20-14-7-5-13(6-8-14)19-17-3-1-2-4-18(17)21-22(19)28(26,27)16-11-9-15(10-12-16)23(24)25/h5-12,19,21H,1-4H2. The Morgan fingerprint density at radius 2 is 1.68 bits per heavy atom. The highest BCUT2D eigenvalue weighted by Crippen LogP contribution is 2.43. The molecule has 1 N–H and O–H groups in total. The first kappa shape index (κ1) is 18.9. The lowest BCUT2D eigenvalue weighted by molar-refractivity contribution is -0.384. The molecule has 28 heavy (non-hydrogen) atoms. The number of rotatable bonds is 4. The van der Waals surface area contributed by atoms with Gasteiger partial charge in [-0.05, 0) is 61.1 Å². The van der Waals surface area contributed by atoms with Gasteiger partial charge in [0.15, 0.2) is 0 Å². The summed E-state index contributed by atoms with van der Waals surface area (Å²) in [4.78, 5) is 10.3. The van der Waals surface area contributed by atoms with Gasteiger partial charge in [-0.25, -0.2) is 8.42 Å². The maximum absolute atomic E-state index is 13.4. The topological polar surface area (TPSA) is 92.5 Å². The number of nitro benzene ring substituents is 1. The Balaban J connectivity index is 1.76. The van der Waals surface area contributed by atoms with Crippen molar-refractivity contribution in [1.29, 1.82) is 0 Å². The lowest BCUT2D eigenvalue weighted by Gasteiger charge is -2.26. The molecule has 0 radical (unpaired) electrons. The molecule has 0 saturated carbocycles. The molecule has 0 saturated heterocycles. The van der Waals surface area contributed by atoms with Crippen LogP contribution in [0.25, 0.3) is 0 Å². The molecule has 2 aromatic rings. The number of halogens is 1. The van der Waals surface area contributed by atoms with E-state index in [0.29, 0.717) is 5.02 Å². The molecule has 1 aliphatic carbocycles. The molecule has 9 heteroatoms. The van der Waals surface area contributed by atoms with Gasteiger partial charge in [-0.2, -0.15) is 0 Å². The van der Waals surface area contributed by atoms with E-state index < -0.39 is 21.0 Å². The summed E-state index contributed by atoms with van der Waals surface area (Å²) >= 11 is 6.00. The van der Waals surface area contributed by atoms with Crippen LogP contribution in [0.1, 0.15) is 37.3 Å². The smallest absolute Gasteiger partial charge is 0.269 e. The summed E-state index contributed by atoms with van der Waals surface area (Å²) in [5.41, 5.74) is 5.78. The second-order valence-electron chi connectivity index (χ2n) is 6.83. The van der Waals surface area contributed by atoms with Crippen LogP contribution in [0, 0.1) is 10.1 Å². The first-order valence-corrected chi connectivity index (χ1v) is 10.7. The van der Waals surface area contributed by atoms with Crippen molar-refractivity contribution < 1.29 is 13.3 Å². The largest absolute Gasteiger partial charge is 0.309 e. The van der Waals surface area contributed by atoms with Crippen molar-refractivity contribution in [2.75, 3.05) is 0 Å². The highest BCUT2D eigenvalue weighted by molar-refractivity contribution is 7.89. The molecule has 0 fully saturated rings. The van der Waals surface area contributed by atoms with Gasteiger partial charge in [0.05, 0.1) is 15.9 Å². The van der Waals surface area contributed by atoms with Crippen LogP contribution >= 0.6 is 11.6 Å². The van der Waals surface area contributed by atoms with Crippen LogP contribution in [0.3, 0.4) is 0 Å². The number of sulfonamides is 1. The average Bonchev–Trinajstić information content (AvgIpc) is 3.09. The zero-order valence-electron chi connectivity index (χ0n) is 14.8. The van der Waals surface area contributed by atoms with Crippen LogP contribution in [-0.4, -0.2) is 17.8 Å². The molecule has 0 amide bonds. The lowest BCUT2D eigenvalue weighted by atomic mass is 9.89. The summed E-state index contributed by atoms with van der Waals surface area (Å²) in [6, 6.07) is 11.6. The Morgan fingerprint density at radius 1 is 1.04 bits per heavy atom. The van der Waals surface area contributed by atoms with Gasteiger partial charge >= 0.3 is 0 Å². The fourth-order valence-corrected chi connectivity index (χ4v) is 5.32. The van der Waals surface area contributed by atoms with Crippen molar-refractivity contribution in [1.82, 2.24) is 9.84 Å². The average molecular weight is 420 g/mol. The number of hydrogen-bond acceptors (Lipinski definition) is 5. The van der Waals surface area contributed by atoms with E-state index in [0.717, 1.165) is 42.5 Å². The second kappa shape index (κ2) is 7.20. The molecule has 146 valence electrons. The number of nitrogens with one attached hydrogen (secondary N) is 1. The molecule has 4 rings (SSSR count). The van der Waals surface area contributed by atoms with Gasteiger partial charge in [-0.1, -0.05) is 23.7 Å². The minimum absolute atomic E-state index is 0.00408. The predicted octanol–water partition coefficient (Wildman–Crippen LogP) is 4.33. The molecular formula is C19H18ClN3O4S. The monoisotopic (exact) mass is 419 g/mol. The summed E-state index contributed by atoms with van der Waals surface area (Å²) in [6.45, 7) is 0. The van der Waals surface area contributed by atoms with Crippen LogP contribution in [0.4, 0.5) is 5.69 Å². The normalized spacial score (nSPS) is 20.0. The molecule has 0 bridgehead atoms. The molecule has 0 aromatic heterocycles. The molecule has 0 spiro atoms. The Morgan fingerprint density at radius 3 is 2.32 bits per heavy atom. The quantitative estimate of drug-likeness (QED) is 0.588. The Hall–Kier alpha value is -2.42. The molecule has 7 nitrogen and oxygen atoms in total. The van der Waals surface area contributed by atoms with E-state index in [1.165, 1.54) is 28.7 Å². The number of nitrogens with zero attached hydrogens (tertiary/aromatic N) is 2. The van der Waals surface area contributed by atoms with Crippen molar-refractivity contribution in [2.24, 2.45) is 0 Å². The number of hydrazine groups is 1. The number of non-ortho nitro benzene ring substituents is 1. The van der Waals surface area contributed by atoms with Crippen molar-refractivity contribution in [3.63, 3.8) is 0 Å². The third kappa shape index (κ3) is 3.28. The zero-order chi connectivity index (χ0) is 19.9. The zero-order valence-corrected chi connectivity index (χ0v) is 16.4. The Kier molecular flexibility index (Phi) is 4.86. The maximum atomic E-state index is 13.4. The molecule has 1 heterocycles. The fourth-order valence-electron chi connectivity index (χ4n) is 3.73. The molecule has 2 aliphatic rings. The van der Waals surface area contributed by atoms with E-state index in [1.54, 1.807) is 12.1 Å². The molecule has 1 aliphatic heterocycles. The highest BCUT2D eigenvalue weighted by atomic mass is 35.5. The summed E-state index contributed by atoms with van der Waals surface area (Å²) in [6.07, 6.45) is 3.63. The molecular weight excluding hydrogens is 402 g/mol. The minimum Gasteiger partial charge on any atom is -0.309 e. The van der Waals surface area contributed by atoms with Crippen molar-refractivity contribution in [3.8, 4) is 0 Å². The van der Waals surface area contributed by atoms with Crippen LogP contribution in [0.15, 0.2) is 64.7 Å². The van der Waals surface area contributed by atoms with Gasteiger partial charge in [0.1, 0.15) is 0 Å². The maximum Gasteiger partial charge on any atom is 0.269 e. The SMILES string of the molecule is O=[N+]([O-])c1ccc(S(=O)(=O)N2NC3=C(CCCC3)C2c2ccc(Cl)cc2)cc1. The molecule has 1 atom stereocenters. The van der Waals surface area contributed by atoms with E-state index in [9.17, 15) is 18.5 Å². The van der Waals surface area contributed by atoms with Gasteiger partial charge in [-0.3, -0.25) is 10.1 Å². The van der Waals surface area contributed by atoms with Crippen LogP contribution in [0.5, 0.6) is 0 Å². The number of nitro groups is 1. The summed E-state index contributed by atoms with van der Waals surface area (Å²) < 4.78 is 28.0. The predicted molar refractivity (Wildman–Crippen MR) is 105 cm³/mol. The van der Waals surface area contributed by atoms with E-state index in [-0.39, 0.29) is 10.6 Å². The number of hydrogen-bond donors (Lipinski definition) is 1. The number of allylic oxidation sites excluding steroid dienone is 1. The summed E-state index contributed by atoms with van der Waals surface area (Å²) in [5, 5.41) is 11.5. The van der Waals surface area contributed by atoms with Gasteiger partial charge in [0.2, 0.25) is 0 Å². The van der Waals surface area contributed by atoms with Gasteiger partial charge < -0.3 is 5.43 Å². The fraction of sp³-hybridized carbons (Fsp3) is 0.263. The van der Waals surface area contributed by atoms with Crippen LogP contribution < -0.4 is 5.43 Å². The van der Waals surface area contributed by atoms with Gasteiger partial charge in [0, 0.05) is 22.9 Å². The Labute approximate surface area is 167 Å². The summed E-state index contributed by atoms with van der Waals surface area (Å²) in [7, 11) is -3.92.